The quantitative estimate of drug-likeness (QED) is 0.841. The number of ether oxygens (including phenoxy) is 1. The number of nitrogens with two attached hydrogens (primary N) is 1. The van der Waals surface area contributed by atoms with Crippen LogP contribution in [0.25, 0.3) is 0 Å². The summed E-state index contributed by atoms with van der Waals surface area (Å²) < 4.78 is 5.32. The molecule has 0 spiro atoms. The van der Waals surface area contributed by atoms with Gasteiger partial charge < -0.3 is 10.5 Å². The van der Waals surface area contributed by atoms with Gasteiger partial charge in [0.15, 0.2) is 0 Å². The Balaban J connectivity index is 2.19. The molecule has 0 bridgehead atoms. The number of benzene rings is 1. The molecule has 2 rings (SSSR count). The van der Waals surface area contributed by atoms with Gasteiger partial charge in [0, 0.05) is 12.1 Å². The van der Waals surface area contributed by atoms with E-state index in [4.69, 9.17) is 10.5 Å². The van der Waals surface area contributed by atoms with E-state index in [1.54, 1.807) is 17.0 Å². The molecule has 1 aromatic rings. The molecule has 2 amide bonds. The fourth-order valence-corrected chi connectivity index (χ4v) is 2.11. The molecular weight excluding hydrogens is 244 g/mol. The van der Waals surface area contributed by atoms with E-state index in [1.807, 2.05) is 26.8 Å². The van der Waals surface area contributed by atoms with Crippen LogP contribution in [0.3, 0.4) is 0 Å². The maximum Gasteiger partial charge on any atom is 0.410 e. The SMILES string of the molecule is CC(C)(C)OC(=O)N1Cc2cccc(C(N)=O)c2C1. The van der Waals surface area contributed by atoms with Gasteiger partial charge in [-0.25, -0.2) is 4.79 Å². The largest absolute Gasteiger partial charge is 0.444 e. The van der Waals surface area contributed by atoms with Gasteiger partial charge in [0.25, 0.3) is 0 Å². The van der Waals surface area contributed by atoms with Crippen LogP contribution in [0.1, 0.15) is 42.3 Å². The van der Waals surface area contributed by atoms with Crippen molar-refractivity contribution in [3.05, 3.63) is 34.9 Å². The van der Waals surface area contributed by atoms with Crippen molar-refractivity contribution in [3.8, 4) is 0 Å². The van der Waals surface area contributed by atoms with Crippen LogP contribution < -0.4 is 5.73 Å². The van der Waals surface area contributed by atoms with Gasteiger partial charge in [-0.15, -0.1) is 0 Å². The van der Waals surface area contributed by atoms with E-state index in [1.165, 1.54) is 0 Å². The molecule has 102 valence electrons. The standard InChI is InChI=1S/C14H18N2O3/c1-14(2,3)19-13(18)16-7-9-5-4-6-10(12(15)17)11(9)8-16/h4-6H,7-8H2,1-3H3,(H2,15,17). The number of carbonyl (C=O) groups is 2. The Kier molecular flexibility index (Phi) is 3.22. The molecule has 0 aliphatic carbocycles. The summed E-state index contributed by atoms with van der Waals surface area (Å²) in [6, 6.07) is 5.35. The fourth-order valence-electron chi connectivity index (χ4n) is 2.11. The molecule has 0 fully saturated rings. The number of amides is 2. The molecule has 0 saturated heterocycles. The van der Waals surface area contributed by atoms with Crippen molar-refractivity contribution in [2.75, 3.05) is 0 Å². The zero-order valence-electron chi connectivity index (χ0n) is 11.4. The highest BCUT2D eigenvalue weighted by Gasteiger charge is 2.29. The Hall–Kier alpha value is -2.04. The Morgan fingerprint density at radius 3 is 2.53 bits per heavy atom. The minimum absolute atomic E-state index is 0.364. The second-order valence-corrected chi connectivity index (χ2v) is 5.64. The van der Waals surface area contributed by atoms with Gasteiger partial charge in [0.2, 0.25) is 5.91 Å². The van der Waals surface area contributed by atoms with Crippen molar-refractivity contribution in [1.29, 1.82) is 0 Å². The molecule has 5 nitrogen and oxygen atoms in total. The maximum absolute atomic E-state index is 12.0. The minimum Gasteiger partial charge on any atom is -0.444 e. The first-order valence-corrected chi connectivity index (χ1v) is 6.16. The average molecular weight is 262 g/mol. The van der Waals surface area contributed by atoms with Crippen LogP contribution in [0.15, 0.2) is 18.2 Å². The maximum atomic E-state index is 12.0. The van der Waals surface area contributed by atoms with Crippen LogP contribution in [-0.2, 0) is 17.8 Å². The smallest absolute Gasteiger partial charge is 0.410 e. The highest BCUT2D eigenvalue weighted by atomic mass is 16.6. The number of rotatable bonds is 1. The van der Waals surface area contributed by atoms with Crippen LogP contribution >= 0.6 is 0 Å². The highest BCUT2D eigenvalue weighted by Crippen LogP contribution is 2.27. The van der Waals surface area contributed by atoms with E-state index in [9.17, 15) is 9.59 Å². The third-order valence-electron chi connectivity index (χ3n) is 2.90. The topological polar surface area (TPSA) is 72.6 Å². The number of primary amides is 1. The Bertz CT molecular complexity index is 532. The summed E-state index contributed by atoms with van der Waals surface area (Å²) >= 11 is 0. The number of fused-ring (bicyclic) bond motifs is 1. The molecule has 1 aromatic carbocycles. The van der Waals surface area contributed by atoms with Crippen molar-refractivity contribution in [1.82, 2.24) is 4.90 Å². The molecule has 19 heavy (non-hydrogen) atoms. The zero-order chi connectivity index (χ0) is 14.2. The molecule has 0 saturated carbocycles. The summed E-state index contributed by atoms with van der Waals surface area (Å²) in [5.41, 5.74) is 7.05. The fraction of sp³-hybridized carbons (Fsp3) is 0.429. The summed E-state index contributed by atoms with van der Waals surface area (Å²) in [7, 11) is 0. The predicted molar refractivity (Wildman–Crippen MR) is 70.4 cm³/mol. The van der Waals surface area contributed by atoms with Gasteiger partial charge in [-0.2, -0.15) is 0 Å². The van der Waals surface area contributed by atoms with Gasteiger partial charge in [0.1, 0.15) is 5.60 Å². The Morgan fingerprint density at radius 2 is 1.95 bits per heavy atom. The third-order valence-corrected chi connectivity index (χ3v) is 2.90. The van der Waals surface area contributed by atoms with Crippen LogP contribution in [0.4, 0.5) is 4.79 Å². The van der Waals surface area contributed by atoms with E-state index in [0.29, 0.717) is 18.7 Å². The summed E-state index contributed by atoms with van der Waals surface area (Å²) in [6.45, 7) is 6.28. The minimum atomic E-state index is -0.529. The second-order valence-electron chi connectivity index (χ2n) is 5.64. The summed E-state index contributed by atoms with van der Waals surface area (Å²) in [5.74, 6) is -0.470. The van der Waals surface area contributed by atoms with Crippen molar-refractivity contribution in [2.24, 2.45) is 5.73 Å². The molecule has 0 aromatic heterocycles. The highest BCUT2D eigenvalue weighted by molar-refractivity contribution is 5.95. The number of carbonyl (C=O) groups excluding carboxylic acids is 2. The normalized spacial score (nSPS) is 14.2. The van der Waals surface area contributed by atoms with Gasteiger partial charge in [-0.1, -0.05) is 12.1 Å². The van der Waals surface area contributed by atoms with Crippen molar-refractivity contribution in [2.45, 2.75) is 39.5 Å². The van der Waals surface area contributed by atoms with E-state index in [0.717, 1.165) is 11.1 Å². The first-order valence-electron chi connectivity index (χ1n) is 6.16. The van der Waals surface area contributed by atoms with Crippen molar-refractivity contribution < 1.29 is 14.3 Å². The predicted octanol–water partition coefficient (Wildman–Crippen LogP) is 2.04. The molecule has 0 radical (unpaired) electrons. The number of hydrogen-bond acceptors (Lipinski definition) is 3. The van der Waals surface area contributed by atoms with E-state index < -0.39 is 11.5 Å². The molecular formula is C14H18N2O3. The van der Waals surface area contributed by atoms with Gasteiger partial charge in [-0.3, -0.25) is 9.69 Å². The van der Waals surface area contributed by atoms with Crippen molar-refractivity contribution >= 4 is 12.0 Å². The molecule has 1 aliphatic rings. The Morgan fingerprint density at radius 1 is 1.26 bits per heavy atom. The number of hydrogen-bond donors (Lipinski definition) is 1. The lowest BCUT2D eigenvalue weighted by Gasteiger charge is -2.24. The zero-order valence-corrected chi connectivity index (χ0v) is 11.4. The van der Waals surface area contributed by atoms with Crippen LogP contribution in [0.2, 0.25) is 0 Å². The van der Waals surface area contributed by atoms with Crippen LogP contribution in [0, 0.1) is 0 Å². The van der Waals surface area contributed by atoms with E-state index in [2.05, 4.69) is 0 Å². The first-order chi connectivity index (χ1) is 8.78. The van der Waals surface area contributed by atoms with Crippen LogP contribution in [-0.4, -0.2) is 22.5 Å². The molecule has 2 N–H and O–H groups in total. The lowest BCUT2D eigenvalue weighted by atomic mass is 10.0. The monoisotopic (exact) mass is 262 g/mol. The molecule has 5 heteroatoms. The van der Waals surface area contributed by atoms with Gasteiger partial charge in [0.05, 0.1) is 6.54 Å². The van der Waals surface area contributed by atoms with Gasteiger partial charge >= 0.3 is 6.09 Å². The third kappa shape index (κ3) is 2.86. The summed E-state index contributed by atoms with van der Waals surface area (Å²) in [6.07, 6.45) is -0.376. The lowest BCUT2D eigenvalue weighted by molar-refractivity contribution is 0.0241. The average Bonchev–Trinajstić information content (AvgIpc) is 2.69. The van der Waals surface area contributed by atoms with Gasteiger partial charge in [-0.05, 0) is 38.0 Å². The second kappa shape index (κ2) is 4.57. The molecule has 1 heterocycles. The summed E-state index contributed by atoms with van der Waals surface area (Å²) in [5, 5.41) is 0. The van der Waals surface area contributed by atoms with E-state index >= 15 is 0 Å². The Labute approximate surface area is 112 Å². The first kappa shape index (κ1) is 13.4. The molecule has 0 atom stereocenters. The lowest BCUT2D eigenvalue weighted by Crippen LogP contribution is -2.33. The van der Waals surface area contributed by atoms with Crippen LogP contribution in [0.5, 0.6) is 0 Å². The molecule has 1 aliphatic heterocycles. The van der Waals surface area contributed by atoms with Crippen molar-refractivity contribution in [3.63, 3.8) is 0 Å². The summed E-state index contributed by atoms with van der Waals surface area (Å²) in [4.78, 5) is 24.9. The van der Waals surface area contributed by atoms with E-state index in [-0.39, 0.29) is 6.09 Å². The number of nitrogens with zero attached hydrogens (tertiary/aromatic N) is 1. The molecule has 0 unspecified atom stereocenters.